The predicted octanol–water partition coefficient (Wildman–Crippen LogP) is 3.58. The number of halogens is 3. The smallest absolute Gasteiger partial charge is 0.387 e. The lowest BCUT2D eigenvalue weighted by atomic mass is 10.2. The second kappa shape index (κ2) is 14.7. The van der Waals surface area contributed by atoms with Crippen molar-refractivity contribution in [1.29, 1.82) is 0 Å². The number of nitrogens with zero attached hydrogens (tertiary/aromatic N) is 2. The second-order valence-electron chi connectivity index (χ2n) is 5.84. The largest absolute Gasteiger partial charge is 0.475 e. The number of guanidine groups is 1. The number of pyridine rings is 1. The lowest BCUT2D eigenvalue weighted by molar-refractivity contribution is -0.0504. The van der Waals surface area contributed by atoms with Crippen molar-refractivity contribution in [3.05, 3.63) is 53.7 Å². The van der Waals surface area contributed by atoms with Crippen LogP contribution in [0.3, 0.4) is 0 Å². The number of rotatable bonds is 11. The van der Waals surface area contributed by atoms with Gasteiger partial charge in [-0.15, -0.1) is 24.0 Å². The van der Waals surface area contributed by atoms with Crippen molar-refractivity contribution >= 4 is 29.9 Å². The Morgan fingerprint density at radius 3 is 2.60 bits per heavy atom. The Morgan fingerprint density at radius 1 is 1.10 bits per heavy atom. The highest BCUT2D eigenvalue weighted by Gasteiger charge is 2.10. The number of hydrogen-bond acceptors (Lipinski definition) is 5. The van der Waals surface area contributed by atoms with Crippen molar-refractivity contribution in [3.8, 4) is 11.6 Å². The van der Waals surface area contributed by atoms with Gasteiger partial charge >= 0.3 is 6.61 Å². The van der Waals surface area contributed by atoms with Gasteiger partial charge in [0.25, 0.3) is 0 Å². The third kappa shape index (κ3) is 9.08. The minimum atomic E-state index is -2.87. The Hall–Kier alpha value is -2.21. The molecule has 0 saturated heterocycles. The van der Waals surface area contributed by atoms with Crippen LogP contribution in [0.2, 0.25) is 0 Å². The standard InChI is InChI=1S/C20H26F2N4O3.HI/c1-3-23-20(25-13-15-7-4-5-9-17(15)29-19(21)22)26-14-16-8-6-10-24-18(16)28-12-11-27-2;/h4-10,19H,3,11-14H2,1-2H3,(H2,23,25,26);1H. The quantitative estimate of drug-likeness (QED) is 0.198. The first-order chi connectivity index (χ1) is 14.1. The minimum absolute atomic E-state index is 0. The average Bonchev–Trinajstić information content (AvgIpc) is 2.71. The Kier molecular flexibility index (Phi) is 12.7. The molecule has 0 fully saturated rings. The van der Waals surface area contributed by atoms with Crippen LogP contribution in [0.1, 0.15) is 18.1 Å². The Morgan fingerprint density at radius 2 is 1.87 bits per heavy atom. The van der Waals surface area contributed by atoms with Gasteiger partial charge in [-0.25, -0.2) is 9.98 Å². The lowest BCUT2D eigenvalue weighted by Gasteiger charge is -2.14. The van der Waals surface area contributed by atoms with E-state index in [-0.39, 0.29) is 36.3 Å². The predicted molar refractivity (Wildman–Crippen MR) is 122 cm³/mol. The van der Waals surface area contributed by atoms with Crippen LogP contribution in [0.5, 0.6) is 11.6 Å². The molecule has 0 bridgehead atoms. The Balaban J connectivity index is 0.00000450. The molecule has 0 atom stereocenters. The van der Waals surface area contributed by atoms with E-state index in [1.807, 2.05) is 19.1 Å². The summed E-state index contributed by atoms with van der Waals surface area (Å²) in [6.45, 7) is 1.17. The molecule has 0 radical (unpaired) electrons. The van der Waals surface area contributed by atoms with Crippen molar-refractivity contribution < 1.29 is 23.0 Å². The summed E-state index contributed by atoms with van der Waals surface area (Å²) in [5.74, 6) is 1.16. The summed E-state index contributed by atoms with van der Waals surface area (Å²) in [6.07, 6.45) is 1.65. The number of alkyl halides is 2. The fourth-order valence-electron chi connectivity index (χ4n) is 2.44. The molecule has 10 heteroatoms. The number of methoxy groups -OCH3 is 1. The first-order valence-electron chi connectivity index (χ1n) is 9.24. The average molecular weight is 536 g/mol. The molecule has 2 rings (SSSR count). The van der Waals surface area contributed by atoms with E-state index in [2.05, 4.69) is 25.3 Å². The topological polar surface area (TPSA) is 77.0 Å². The van der Waals surface area contributed by atoms with E-state index in [9.17, 15) is 8.78 Å². The first-order valence-corrected chi connectivity index (χ1v) is 9.24. The molecule has 1 aromatic heterocycles. The SMILES string of the molecule is CCNC(=NCc1cccnc1OCCOC)NCc1ccccc1OC(F)F.I. The molecule has 0 aliphatic heterocycles. The van der Waals surface area contributed by atoms with Crippen LogP contribution in [0.15, 0.2) is 47.6 Å². The molecule has 1 heterocycles. The number of nitrogens with one attached hydrogen (secondary N) is 2. The normalized spacial score (nSPS) is 11.0. The summed E-state index contributed by atoms with van der Waals surface area (Å²) in [7, 11) is 1.60. The van der Waals surface area contributed by atoms with Crippen molar-refractivity contribution in [3.63, 3.8) is 0 Å². The van der Waals surface area contributed by atoms with Gasteiger partial charge < -0.3 is 24.8 Å². The molecule has 0 saturated carbocycles. The zero-order chi connectivity index (χ0) is 20.9. The first kappa shape index (κ1) is 25.8. The van der Waals surface area contributed by atoms with Crippen molar-refractivity contribution in [2.45, 2.75) is 26.6 Å². The number of aliphatic imine (C=N–C) groups is 1. The van der Waals surface area contributed by atoms with Crippen LogP contribution in [0.4, 0.5) is 8.78 Å². The van der Waals surface area contributed by atoms with Crippen LogP contribution in [0.25, 0.3) is 0 Å². The summed E-state index contributed by atoms with van der Waals surface area (Å²) in [6, 6.07) is 10.3. The van der Waals surface area contributed by atoms with Gasteiger partial charge in [0.15, 0.2) is 5.96 Å². The molecule has 0 amide bonds. The Labute approximate surface area is 192 Å². The minimum Gasteiger partial charge on any atom is -0.475 e. The van der Waals surface area contributed by atoms with Gasteiger partial charge in [0, 0.05) is 37.5 Å². The number of hydrogen-bond donors (Lipinski definition) is 2. The van der Waals surface area contributed by atoms with Gasteiger partial charge in [-0.3, -0.25) is 0 Å². The number of benzene rings is 1. The van der Waals surface area contributed by atoms with Gasteiger partial charge in [-0.1, -0.05) is 24.3 Å². The molecule has 1 aromatic carbocycles. The molecule has 2 aromatic rings. The summed E-state index contributed by atoms with van der Waals surface area (Å²) in [4.78, 5) is 8.76. The third-order valence-electron chi connectivity index (χ3n) is 3.76. The van der Waals surface area contributed by atoms with E-state index >= 15 is 0 Å². The maximum Gasteiger partial charge on any atom is 0.387 e. The Bertz CT molecular complexity index is 781. The fraction of sp³-hybridized carbons (Fsp3) is 0.400. The van der Waals surface area contributed by atoms with E-state index in [1.165, 1.54) is 6.07 Å². The van der Waals surface area contributed by atoms with Crippen LogP contribution in [-0.2, 0) is 17.8 Å². The summed E-state index contributed by atoms with van der Waals surface area (Å²) in [5, 5.41) is 6.25. The summed E-state index contributed by atoms with van der Waals surface area (Å²) < 4.78 is 40.3. The van der Waals surface area contributed by atoms with Crippen LogP contribution in [0, 0.1) is 0 Å². The zero-order valence-corrected chi connectivity index (χ0v) is 19.3. The highest BCUT2D eigenvalue weighted by Crippen LogP contribution is 2.20. The van der Waals surface area contributed by atoms with Gasteiger partial charge in [0.2, 0.25) is 5.88 Å². The highest BCUT2D eigenvalue weighted by molar-refractivity contribution is 14.0. The third-order valence-corrected chi connectivity index (χ3v) is 3.76. The second-order valence-corrected chi connectivity index (χ2v) is 5.84. The van der Waals surface area contributed by atoms with E-state index < -0.39 is 6.61 Å². The molecule has 0 aliphatic carbocycles. The van der Waals surface area contributed by atoms with E-state index in [0.717, 1.165) is 5.56 Å². The summed E-state index contributed by atoms with van der Waals surface area (Å²) >= 11 is 0. The maximum absolute atomic E-state index is 12.6. The van der Waals surface area contributed by atoms with Crippen LogP contribution >= 0.6 is 24.0 Å². The van der Waals surface area contributed by atoms with Gasteiger partial charge in [0.05, 0.1) is 13.2 Å². The summed E-state index contributed by atoms with van der Waals surface area (Å²) in [5.41, 5.74) is 1.42. The van der Waals surface area contributed by atoms with E-state index in [0.29, 0.717) is 43.7 Å². The zero-order valence-electron chi connectivity index (χ0n) is 16.9. The monoisotopic (exact) mass is 536 g/mol. The maximum atomic E-state index is 12.6. The fourth-order valence-corrected chi connectivity index (χ4v) is 2.44. The number of para-hydroxylation sites is 1. The molecule has 2 N–H and O–H groups in total. The number of ether oxygens (including phenoxy) is 3. The lowest BCUT2D eigenvalue weighted by Crippen LogP contribution is -2.36. The van der Waals surface area contributed by atoms with Crippen molar-refractivity contribution in [2.24, 2.45) is 4.99 Å². The molecular weight excluding hydrogens is 509 g/mol. The van der Waals surface area contributed by atoms with E-state index in [1.54, 1.807) is 31.5 Å². The van der Waals surface area contributed by atoms with E-state index in [4.69, 9.17) is 9.47 Å². The molecule has 7 nitrogen and oxygen atoms in total. The van der Waals surface area contributed by atoms with Gasteiger partial charge in [-0.2, -0.15) is 8.78 Å². The van der Waals surface area contributed by atoms with Crippen LogP contribution < -0.4 is 20.1 Å². The molecule has 0 aliphatic rings. The highest BCUT2D eigenvalue weighted by atomic mass is 127. The molecule has 166 valence electrons. The van der Waals surface area contributed by atoms with Gasteiger partial charge in [-0.05, 0) is 19.1 Å². The molecule has 0 unspecified atom stereocenters. The number of aromatic nitrogens is 1. The molecule has 0 spiro atoms. The van der Waals surface area contributed by atoms with Crippen molar-refractivity contribution in [2.75, 3.05) is 26.9 Å². The van der Waals surface area contributed by atoms with Gasteiger partial charge in [0.1, 0.15) is 12.4 Å². The molecular formula is C20H27F2IN4O3. The van der Waals surface area contributed by atoms with Crippen LogP contribution in [-0.4, -0.2) is 44.4 Å². The van der Waals surface area contributed by atoms with Crippen molar-refractivity contribution in [1.82, 2.24) is 15.6 Å². The molecule has 30 heavy (non-hydrogen) atoms.